The van der Waals surface area contributed by atoms with E-state index >= 15 is 0 Å². The fraction of sp³-hybridized carbons (Fsp3) is 0.417. The highest BCUT2D eigenvalue weighted by Gasteiger charge is 1.95. The topological polar surface area (TPSA) is 38.3 Å². The van der Waals surface area contributed by atoms with E-state index in [-0.39, 0.29) is 5.91 Å². The molecule has 1 aromatic heterocycles. The van der Waals surface area contributed by atoms with Crippen LogP contribution < -0.4 is 5.32 Å². The van der Waals surface area contributed by atoms with Gasteiger partial charge in [-0.15, -0.1) is 11.3 Å². The number of carbonyl (C=O) groups is 1. The molecule has 0 atom stereocenters. The fourth-order valence-corrected chi connectivity index (χ4v) is 2.08. The summed E-state index contributed by atoms with van der Waals surface area (Å²) < 4.78 is 5.05. The van der Waals surface area contributed by atoms with E-state index in [0.29, 0.717) is 13.2 Å². The summed E-state index contributed by atoms with van der Waals surface area (Å²) in [4.78, 5) is 11.8. The van der Waals surface area contributed by atoms with E-state index in [2.05, 4.69) is 28.9 Å². The predicted molar refractivity (Wildman–Crippen MR) is 67.4 cm³/mol. The molecule has 1 aromatic rings. The van der Waals surface area contributed by atoms with Gasteiger partial charge in [-0.2, -0.15) is 0 Å². The van der Waals surface area contributed by atoms with Gasteiger partial charge in [-0.05, 0) is 23.4 Å². The molecule has 0 saturated carbocycles. The maximum Gasteiger partial charge on any atom is 0.216 e. The Hall–Kier alpha value is -1.13. The molecule has 0 aromatic carbocycles. The van der Waals surface area contributed by atoms with Gasteiger partial charge in [-0.25, -0.2) is 0 Å². The first-order valence-electron chi connectivity index (χ1n) is 5.19. The first-order valence-corrected chi connectivity index (χ1v) is 6.07. The maximum atomic E-state index is 10.6. The van der Waals surface area contributed by atoms with E-state index in [1.807, 2.05) is 0 Å². The highest BCUT2D eigenvalue weighted by atomic mass is 32.1. The lowest BCUT2D eigenvalue weighted by atomic mass is 10.2. The van der Waals surface area contributed by atoms with Gasteiger partial charge in [0, 0.05) is 25.5 Å². The van der Waals surface area contributed by atoms with Crippen LogP contribution in [0.1, 0.15) is 23.8 Å². The lowest BCUT2D eigenvalue weighted by molar-refractivity contribution is -0.118. The summed E-state index contributed by atoms with van der Waals surface area (Å²) in [7, 11) is 1.70. The molecule has 0 bridgehead atoms. The van der Waals surface area contributed by atoms with E-state index in [9.17, 15) is 4.79 Å². The molecule has 88 valence electrons. The minimum atomic E-state index is 0.0197. The van der Waals surface area contributed by atoms with Crippen LogP contribution in [-0.2, 0) is 16.1 Å². The predicted octanol–water partition coefficient (Wildman–Crippen LogP) is 2.43. The summed E-state index contributed by atoms with van der Waals surface area (Å²) >= 11 is 1.70. The Kier molecular flexibility index (Phi) is 5.82. The van der Waals surface area contributed by atoms with Crippen molar-refractivity contribution in [1.82, 2.24) is 5.32 Å². The first-order chi connectivity index (χ1) is 7.72. The van der Waals surface area contributed by atoms with Crippen LogP contribution in [0.5, 0.6) is 0 Å². The van der Waals surface area contributed by atoms with Crippen molar-refractivity contribution < 1.29 is 9.53 Å². The molecular formula is C12H17NO2S. The fourth-order valence-electron chi connectivity index (χ4n) is 1.25. The molecule has 3 nitrogen and oxygen atoms in total. The summed E-state index contributed by atoms with van der Waals surface area (Å²) in [5, 5.41) is 4.85. The third-order valence-electron chi connectivity index (χ3n) is 1.96. The zero-order chi connectivity index (χ0) is 11.8. The monoisotopic (exact) mass is 239 g/mol. The van der Waals surface area contributed by atoms with Crippen molar-refractivity contribution in [2.75, 3.05) is 13.7 Å². The largest absolute Gasteiger partial charge is 0.379 e. The molecular weight excluding hydrogens is 222 g/mol. The van der Waals surface area contributed by atoms with Crippen LogP contribution >= 0.6 is 11.3 Å². The second-order valence-corrected chi connectivity index (χ2v) is 4.45. The van der Waals surface area contributed by atoms with Gasteiger partial charge in [-0.1, -0.05) is 12.2 Å². The van der Waals surface area contributed by atoms with Crippen molar-refractivity contribution in [1.29, 1.82) is 0 Å². The Labute approximate surface area is 100 Å². The van der Waals surface area contributed by atoms with Gasteiger partial charge in [0.1, 0.15) is 0 Å². The lowest BCUT2D eigenvalue weighted by Crippen LogP contribution is -2.20. The van der Waals surface area contributed by atoms with Gasteiger partial charge in [-0.3, -0.25) is 4.79 Å². The van der Waals surface area contributed by atoms with Crippen LogP contribution in [0.3, 0.4) is 0 Å². The van der Waals surface area contributed by atoms with Crippen molar-refractivity contribution in [3.05, 3.63) is 28.0 Å². The number of rotatable bonds is 6. The van der Waals surface area contributed by atoms with Crippen LogP contribution in [0, 0.1) is 0 Å². The Morgan fingerprint density at radius 1 is 1.62 bits per heavy atom. The third kappa shape index (κ3) is 5.09. The molecule has 0 aliphatic heterocycles. The van der Waals surface area contributed by atoms with E-state index in [1.54, 1.807) is 18.4 Å². The molecule has 1 heterocycles. The Bertz CT molecular complexity index is 358. The second kappa shape index (κ2) is 7.19. The minimum Gasteiger partial charge on any atom is -0.379 e. The van der Waals surface area contributed by atoms with Crippen LogP contribution in [0.2, 0.25) is 0 Å². The normalized spacial score (nSPS) is 10.9. The average molecular weight is 239 g/mol. The molecule has 0 saturated heterocycles. The molecule has 0 unspecified atom stereocenters. The SMILES string of the molecule is COCc1cc(C=CCCNC(C)=O)cs1. The number of ether oxygens (including phenoxy) is 1. The first kappa shape index (κ1) is 12.9. The van der Waals surface area contributed by atoms with Crippen molar-refractivity contribution in [3.63, 3.8) is 0 Å². The molecule has 0 aliphatic rings. The average Bonchev–Trinajstić information content (AvgIpc) is 2.65. The molecule has 4 heteroatoms. The molecule has 0 spiro atoms. The summed E-state index contributed by atoms with van der Waals surface area (Å²) in [6, 6.07) is 2.11. The molecule has 0 aliphatic carbocycles. The highest BCUT2D eigenvalue weighted by Crippen LogP contribution is 2.16. The van der Waals surface area contributed by atoms with E-state index in [1.165, 1.54) is 17.4 Å². The second-order valence-electron chi connectivity index (χ2n) is 3.45. The smallest absolute Gasteiger partial charge is 0.216 e. The third-order valence-corrected chi connectivity index (χ3v) is 2.88. The van der Waals surface area contributed by atoms with E-state index < -0.39 is 0 Å². The standard InChI is InChI=1S/C12H17NO2S/c1-10(14)13-6-4-3-5-11-7-12(8-15-2)16-9-11/h3,5,7,9H,4,6,8H2,1-2H3,(H,13,14). The van der Waals surface area contributed by atoms with Gasteiger partial charge in [0.25, 0.3) is 0 Å². The summed E-state index contributed by atoms with van der Waals surface area (Å²) in [5.41, 5.74) is 1.19. The number of carbonyl (C=O) groups excluding carboxylic acids is 1. The zero-order valence-corrected chi connectivity index (χ0v) is 10.5. The summed E-state index contributed by atoms with van der Waals surface area (Å²) in [6.45, 7) is 2.89. The highest BCUT2D eigenvalue weighted by molar-refractivity contribution is 7.10. The molecule has 0 fully saturated rings. The van der Waals surface area contributed by atoms with Crippen LogP contribution in [-0.4, -0.2) is 19.6 Å². The van der Waals surface area contributed by atoms with Gasteiger partial charge < -0.3 is 10.1 Å². The molecule has 1 N–H and O–H groups in total. The van der Waals surface area contributed by atoms with Crippen molar-refractivity contribution in [3.8, 4) is 0 Å². The molecule has 1 amide bonds. The number of hydrogen-bond donors (Lipinski definition) is 1. The zero-order valence-electron chi connectivity index (χ0n) is 9.66. The summed E-state index contributed by atoms with van der Waals surface area (Å²) in [6.07, 6.45) is 4.99. The number of amides is 1. The van der Waals surface area contributed by atoms with Crippen LogP contribution in [0.25, 0.3) is 6.08 Å². The van der Waals surface area contributed by atoms with Crippen LogP contribution in [0.15, 0.2) is 17.5 Å². The van der Waals surface area contributed by atoms with Crippen molar-refractivity contribution in [2.24, 2.45) is 0 Å². The van der Waals surface area contributed by atoms with Gasteiger partial charge in [0.2, 0.25) is 5.91 Å². The van der Waals surface area contributed by atoms with Gasteiger partial charge >= 0.3 is 0 Å². The van der Waals surface area contributed by atoms with Gasteiger partial charge in [0.15, 0.2) is 0 Å². The Morgan fingerprint density at radius 2 is 2.44 bits per heavy atom. The van der Waals surface area contributed by atoms with Crippen molar-refractivity contribution in [2.45, 2.75) is 20.0 Å². The minimum absolute atomic E-state index is 0.0197. The molecule has 16 heavy (non-hydrogen) atoms. The van der Waals surface area contributed by atoms with Crippen molar-refractivity contribution >= 4 is 23.3 Å². The molecule has 1 rings (SSSR count). The Morgan fingerprint density at radius 3 is 3.12 bits per heavy atom. The number of nitrogens with one attached hydrogen (secondary N) is 1. The van der Waals surface area contributed by atoms with Crippen LogP contribution in [0.4, 0.5) is 0 Å². The lowest BCUT2D eigenvalue weighted by Gasteiger charge is -1.96. The van der Waals surface area contributed by atoms with E-state index in [4.69, 9.17) is 4.74 Å². The Balaban J connectivity index is 2.29. The number of methoxy groups -OCH3 is 1. The number of thiophene rings is 1. The van der Waals surface area contributed by atoms with Gasteiger partial charge in [0.05, 0.1) is 6.61 Å². The maximum absolute atomic E-state index is 10.6. The summed E-state index contributed by atoms with van der Waals surface area (Å²) in [5.74, 6) is 0.0197. The number of hydrogen-bond acceptors (Lipinski definition) is 3. The molecule has 0 radical (unpaired) electrons. The van der Waals surface area contributed by atoms with E-state index in [0.717, 1.165) is 6.42 Å². The quantitative estimate of drug-likeness (QED) is 0.774.